The first-order valence-corrected chi connectivity index (χ1v) is 6.16. The second-order valence-electron chi connectivity index (χ2n) is 4.71. The Hall–Kier alpha value is -1.96. The molecule has 0 fully saturated rings. The van der Waals surface area contributed by atoms with E-state index in [4.69, 9.17) is 0 Å². The third-order valence-electron chi connectivity index (χ3n) is 3.40. The van der Waals surface area contributed by atoms with Crippen LogP contribution in [0.25, 0.3) is 0 Å². The fourth-order valence-corrected chi connectivity index (χ4v) is 1.98. The van der Waals surface area contributed by atoms with Gasteiger partial charge in [-0.15, -0.1) is 0 Å². The van der Waals surface area contributed by atoms with E-state index in [1.165, 1.54) is 16.8 Å². The topological polar surface area (TPSA) is 23.5 Å². The second kappa shape index (κ2) is 5.13. The van der Waals surface area contributed by atoms with Gasteiger partial charge in [0, 0.05) is 12.7 Å². The molecule has 0 aliphatic carbocycles. The van der Waals surface area contributed by atoms with Crippen LogP contribution in [0.5, 0.6) is 5.75 Å². The lowest BCUT2D eigenvalue weighted by Gasteiger charge is -2.27. The highest BCUT2D eigenvalue weighted by molar-refractivity contribution is 5.49. The number of phenolic OH excluding ortho intramolecular Hbond substituents is 1. The molecule has 0 saturated carbocycles. The van der Waals surface area contributed by atoms with Gasteiger partial charge in [0.05, 0.1) is 6.04 Å². The standard InChI is InChI=1S/C16H19NO/c1-12-4-8-15(9-5-12)17(3)13(2)14-6-10-16(18)11-7-14/h4-11,13,18H,1-3H3. The van der Waals surface area contributed by atoms with E-state index in [2.05, 4.69) is 50.1 Å². The van der Waals surface area contributed by atoms with Gasteiger partial charge in [0.2, 0.25) is 0 Å². The minimum atomic E-state index is 0.272. The second-order valence-corrected chi connectivity index (χ2v) is 4.71. The zero-order chi connectivity index (χ0) is 13.1. The molecular formula is C16H19NO. The predicted molar refractivity (Wildman–Crippen MR) is 76.1 cm³/mol. The summed E-state index contributed by atoms with van der Waals surface area (Å²) in [7, 11) is 2.09. The lowest BCUT2D eigenvalue weighted by atomic mass is 10.1. The monoisotopic (exact) mass is 241 g/mol. The highest BCUT2D eigenvalue weighted by Gasteiger charge is 2.11. The molecule has 1 N–H and O–H groups in total. The van der Waals surface area contributed by atoms with Crippen LogP contribution in [0.4, 0.5) is 5.69 Å². The molecular weight excluding hydrogens is 222 g/mol. The number of phenols is 1. The van der Waals surface area contributed by atoms with Crippen molar-refractivity contribution in [3.05, 3.63) is 59.7 Å². The first-order valence-electron chi connectivity index (χ1n) is 6.16. The van der Waals surface area contributed by atoms with Crippen LogP contribution >= 0.6 is 0 Å². The van der Waals surface area contributed by atoms with Crippen molar-refractivity contribution in [2.45, 2.75) is 19.9 Å². The van der Waals surface area contributed by atoms with Gasteiger partial charge in [-0.2, -0.15) is 0 Å². The zero-order valence-electron chi connectivity index (χ0n) is 11.1. The molecule has 2 aromatic rings. The van der Waals surface area contributed by atoms with E-state index < -0.39 is 0 Å². The SMILES string of the molecule is Cc1ccc(N(C)C(C)c2ccc(O)cc2)cc1. The van der Waals surface area contributed by atoms with Gasteiger partial charge in [0.1, 0.15) is 5.75 Å². The number of aryl methyl sites for hydroxylation is 1. The van der Waals surface area contributed by atoms with E-state index in [0.29, 0.717) is 5.75 Å². The van der Waals surface area contributed by atoms with Crippen molar-refractivity contribution in [2.75, 3.05) is 11.9 Å². The summed E-state index contributed by atoms with van der Waals surface area (Å²) >= 11 is 0. The number of aromatic hydroxyl groups is 1. The fourth-order valence-electron chi connectivity index (χ4n) is 1.98. The maximum atomic E-state index is 9.31. The maximum absolute atomic E-state index is 9.31. The quantitative estimate of drug-likeness (QED) is 0.881. The van der Waals surface area contributed by atoms with Crippen LogP contribution in [0.1, 0.15) is 24.1 Å². The maximum Gasteiger partial charge on any atom is 0.115 e. The van der Waals surface area contributed by atoms with Crippen molar-refractivity contribution < 1.29 is 5.11 Å². The van der Waals surface area contributed by atoms with Gasteiger partial charge in [-0.1, -0.05) is 29.8 Å². The van der Waals surface area contributed by atoms with Crippen molar-refractivity contribution in [3.63, 3.8) is 0 Å². The molecule has 18 heavy (non-hydrogen) atoms. The minimum absolute atomic E-state index is 0.272. The number of benzene rings is 2. The van der Waals surface area contributed by atoms with Crippen LogP contribution in [0.3, 0.4) is 0 Å². The molecule has 0 aliphatic heterocycles. The first kappa shape index (κ1) is 12.5. The Labute approximate surface area is 109 Å². The van der Waals surface area contributed by atoms with E-state index in [9.17, 15) is 5.11 Å². The largest absolute Gasteiger partial charge is 0.508 e. The van der Waals surface area contributed by atoms with Crippen molar-refractivity contribution in [3.8, 4) is 5.75 Å². The molecule has 94 valence electrons. The van der Waals surface area contributed by atoms with Gasteiger partial charge < -0.3 is 10.0 Å². The molecule has 0 aliphatic rings. The Morgan fingerprint density at radius 2 is 1.50 bits per heavy atom. The van der Waals surface area contributed by atoms with E-state index in [0.717, 1.165) is 0 Å². The van der Waals surface area contributed by atoms with Crippen LogP contribution in [0.2, 0.25) is 0 Å². The molecule has 0 spiro atoms. The Balaban J connectivity index is 2.20. The number of rotatable bonds is 3. The van der Waals surface area contributed by atoms with Crippen molar-refractivity contribution in [1.29, 1.82) is 0 Å². The number of hydrogen-bond donors (Lipinski definition) is 1. The summed E-state index contributed by atoms with van der Waals surface area (Å²) in [6.07, 6.45) is 0. The molecule has 2 nitrogen and oxygen atoms in total. The lowest BCUT2D eigenvalue weighted by molar-refractivity contribution is 0.475. The van der Waals surface area contributed by atoms with Crippen molar-refractivity contribution in [1.82, 2.24) is 0 Å². The van der Waals surface area contributed by atoms with Gasteiger partial charge in [-0.25, -0.2) is 0 Å². The van der Waals surface area contributed by atoms with Crippen molar-refractivity contribution in [2.24, 2.45) is 0 Å². The summed E-state index contributed by atoms with van der Waals surface area (Å²) in [5.41, 5.74) is 3.65. The predicted octanol–water partition coefficient (Wildman–Crippen LogP) is 3.90. The van der Waals surface area contributed by atoms with Gasteiger partial charge in [-0.3, -0.25) is 0 Å². The number of anilines is 1. The molecule has 0 radical (unpaired) electrons. The Kier molecular flexibility index (Phi) is 3.56. The lowest BCUT2D eigenvalue weighted by Crippen LogP contribution is -2.21. The Morgan fingerprint density at radius 3 is 2.06 bits per heavy atom. The average molecular weight is 241 g/mol. The highest BCUT2D eigenvalue weighted by Crippen LogP contribution is 2.26. The zero-order valence-corrected chi connectivity index (χ0v) is 11.1. The average Bonchev–Trinajstić information content (AvgIpc) is 2.39. The van der Waals surface area contributed by atoms with Gasteiger partial charge >= 0.3 is 0 Å². The van der Waals surface area contributed by atoms with Crippen LogP contribution in [-0.2, 0) is 0 Å². The Morgan fingerprint density at radius 1 is 0.944 bits per heavy atom. The summed E-state index contributed by atoms with van der Waals surface area (Å²) in [5.74, 6) is 0.309. The smallest absolute Gasteiger partial charge is 0.115 e. The summed E-state index contributed by atoms with van der Waals surface area (Å²) in [6.45, 7) is 4.25. The molecule has 0 amide bonds. The summed E-state index contributed by atoms with van der Waals surface area (Å²) in [4.78, 5) is 2.23. The van der Waals surface area contributed by atoms with Gasteiger partial charge in [-0.05, 0) is 43.7 Å². The molecule has 1 atom stereocenters. The summed E-state index contributed by atoms with van der Waals surface area (Å²) in [6, 6.07) is 16.2. The summed E-state index contributed by atoms with van der Waals surface area (Å²) in [5, 5.41) is 9.31. The normalized spacial score (nSPS) is 12.2. The molecule has 0 aromatic heterocycles. The van der Waals surface area contributed by atoms with Crippen molar-refractivity contribution >= 4 is 5.69 Å². The summed E-state index contributed by atoms with van der Waals surface area (Å²) < 4.78 is 0. The van der Waals surface area contributed by atoms with Crippen LogP contribution in [-0.4, -0.2) is 12.2 Å². The fraction of sp³-hybridized carbons (Fsp3) is 0.250. The van der Waals surface area contributed by atoms with Gasteiger partial charge in [0.25, 0.3) is 0 Å². The molecule has 2 heteroatoms. The molecule has 0 bridgehead atoms. The molecule has 2 rings (SSSR count). The number of hydrogen-bond acceptors (Lipinski definition) is 2. The highest BCUT2D eigenvalue weighted by atomic mass is 16.3. The number of nitrogens with zero attached hydrogens (tertiary/aromatic N) is 1. The van der Waals surface area contributed by atoms with Gasteiger partial charge in [0.15, 0.2) is 0 Å². The third-order valence-corrected chi connectivity index (χ3v) is 3.40. The van der Waals surface area contributed by atoms with Crippen LogP contribution in [0, 0.1) is 6.92 Å². The molecule has 0 heterocycles. The third kappa shape index (κ3) is 2.65. The minimum Gasteiger partial charge on any atom is -0.508 e. The van der Waals surface area contributed by atoms with E-state index in [-0.39, 0.29) is 6.04 Å². The van der Waals surface area contributed by atoms with E-state index in [1.54, 1.807) is 12.1 Å². The van der Waals surface area contributed by atoms with Crippen LogP contribution < -0.4 is 4.90 Å². The molecule has 1 unspecified atom stereocenters. The van der Waals surface area contributed by atoms with E-state index in [1.807, 2.05) is 12.1 Å². The Bertz CT molecular complexity index is 452. The molecule has 2 aromatic carbocycles. The van der Waals surface area contributed by atoms with E-state index >= 15 is 0 Å². The first-order chi connectivity index (χ1) is 8.58. The molecule has 0 saturated heterocycles. The van der Waals surface area contributed by atoms with Crippen LogP contribution in [0.15, 0.2) is 48.5 Å².